The predicted molar refractivity (Wildman–Crippen MR) is 68.9 cm³/mol. The monoisotopic (exact) mass is 252 g/mol. The Morgan fingerprint density at radius 2 is 2.00 bits per heavy atom. The number of carbonyl (C=O) groups is 1. The average molecular weight is 253 g/mol. The topological polar surface area (TPSA) is 26.3 Å². The molecule has 0 radical (unpaired) electrons. The van der Waals surface area contributed by atoms with Gasteiger partial charge in [0.2, 0.25) is 0 Å². The predicted octanol–water partition coefficient (Wildman–Crippen LogP) is 4.11. The zero-order valence-electron chi connectivity index (χ0n) is 10.0. The fourth-order valence-corrected chi connectivity index (χ4v) is 2.63. The Balaban J connectivity index is 2.25. The second-order valence-electron chi connectivity index (χ2n) is 4.54. The Kier molecular flexibility index (Phi) is 4.06. The van der Waals surface area contributed by atoms with Crippen LogP contribution in [0.15, 0.2) is 18.2 Å². The third-order valence-electron chi connectivity index (χ3n) is 3.40. The van der Waals surface area contributed by atoms with Gasteiger partial charge in [0.05, 0.1) is 12.7 Å². The van der Waals surface area contributed by atoms with E-state index in [2.05, 4.69) is 0 Å². The standard InChI is InChI=1S/C14H17ClO2/c1-17-13-8-7-11(15)9-12(13)14(16)10-5-3-2-4-6-10/h7-10H,2-6H2,1H3. The lowest BCUT2D eigenvalue weighted by molar-refractivity contribution is 0.0886. The number of ether oxygens (including phenoxy) is 1. The zero-order chi connectivity index (χ0) is 12.3. The van der Waals surface area contributed by atoms with Gasteiger partial charge in [-0.3, -0.25) is 4.79 Å². The molecule has 17 heavy (non-hydrogen) atoms. The number of rotatable bonds is 3. The van der Waals surface area contributed by atoms with Crippen molar-refractivity contribution in [3.8, 4) is 5.75 Å². The first kappa shape index (κ1) is 12.4. The van der Waals surface area contributed by atoms with Crippen molar-refractivity contribution < 1.29 is 9.53 Å². The number of ketones is 1. The highest BCUT2D eigenvalue weighted by molar-refractivity contribution is 6.31. The van der Waals surface area contributed by atoms with Gasteiger partial charge >= 0.3 is 0 Å². The molecular formula is C14H17ClO2. The molecule has 1 aliphatic carbocycles. The molecule has 0 bridgehead atoms. The molecule has 0 spiro atoms. The van der Waals surface area contributed by atoms with Crippen molar-refractivity contribution in [3.05, 3.63) is 28.8 Å². The molecule has 0 atom stereocenters. The first-order valence-corrected chi connectivity index (χ1v) is 6.48. The summed E-state index contributed by atoms with van der Waals surface area (Å²) in [5.41, 5.74) is 0.631. The Morgan fingerprint density at radius 3 is 2.65 bits per heavy atom. The van der Waals surface area contributed by atoms with Crippen LogP contribution in [0.5, 0.6) is 5.75 Å². The average Bonchev–Trinajstić information content (AvgIpc) is 2.39. The van der Waals surface area contributed by atoms with E-state index in [0.29, 0.717) is 16.3 Å². The van der Waals surface area contributed by atoms with E-state index in [9.17, 15) is 4.79 Å². The normalized spacial score (nSPS) is 16.8. The Bertz CT molecular complexity index is 409. The summed E-state index contributed by atoms with van der Waals surface area (Å²) in [6.45, 7) is 0. The second kappa shape index (κ2) is 5.54. The lowest BCUT2D eigenvalue weighted by Gasteiger charge is -2.21. The first-order valence-electron chi connectivity index (χ1n) is 6.10. The van der Waals surface area contributed by atoms with Crippen LogP contribution in [0.25, 0.3) is 0 Å². The molecular weight excluding hydrogens is 236 g/mol. The van der Waals surface area contributed by atoms with Gasteiger partial charge in [-0.15, -0.1) is 0 Å². The van der Waals surface area contributed by atoms with Gasteiger partial charge in [-0.25, -0.2) is 0 Å². The van der Waals surface area contributed by atoms with E-state index in [0.717, 1.165) is 25.7 Å². The van der Waals surface area contributed by atoms with E-state index >= 15 is 0 Å². The molecule has 1 fully saturated rings. The maximum atomic E-state index is 12.4. The molecule has 0 aliphatic heterocycles. The summed E-state index contributed by atoms with van der Waals surface area (Å²) in [6, 6.07) is 5.23. The number of halogens is 1. The summed E-state index contributed by atoms with van der Waals surface area (Å²) in [5.74, 6) is 0.963. The fraction of sp³-hybridized carbons (Fsp3) is 0.500. The quantitative estimate of drug-likeness (QED) is 0.757. The van der Waals surface area contributed by atoms with Crippen molar-refractivity contribution in [1.29, 1.82) is 0 Å². The van der Waals surface area contributed by atoms with Crippen LogP contribution in [0.1, 0.15) is 42.5 Å². The number of hydrogen-bond donors (Lipinski definition) is 0. The van der Waals surface area contributed by atoms with Crippen LogP contribution < -0.4 is 4.74 Å². The summed E-state index contributed by atoms with van der Waals surface area (Å²) in [5, 5.41) is 0.588. The minimum Gasteiger partial charge on any atom is -0.496 e. The molecule has 0 N–H and O–H groups in total. The molecule has 0 unspecified atom stereocenters. The molecule has 0 aromatic heterocycles. The number of Topliss-reactive ketones (excluding diaryl/α,β-unsaturated/α-hetero) is 1. The largest absolute Gasteiger partial charge is 0.496 e. The molecule has 1 saturated carbocycles. The van der Waals surface area contributed by atoms with Gasteiger partial charge in [-0.05, 0) is 31.0 Å². The van der Waals surface area contributed by atoms with Gasteiger partial charge in [-0.1, -0.05) is 30.9 Å². The van der Waals surface area contributed by atoms with Gasteiger partial charge in [0.1, 0.15) is 5.75 Å². The minimum absolute atomic E-state index is 0.149. The molecule has 2 rings (SSSR count). The van der Waals surface area contributed by atoms with Gasteiger partial charge in [0, 0.05) is 10.9 Å². The minimum atomic E-state index is 0.149. The number of hydrogen-bond acceptors (Lipinski definition) is 2. The van der Waals surface area contributed by atoms with E-state index in [4.69, 9.17) is 16.3 Å². The van der Waals surface area contributed by atoms with E-state index in [1.54, 1.807) is 25.3 Å². The SMILES string of the molecule is COc1ccc(Cl)cc1C(=O)C1CCCCC1. The van der Waals surface area contributed by atoms with Gasteiger partial charge in [-0.2, -0.15) is 0 Å². The van der Waals surface area contributed by atoms with Gasteiger partial charge < -0.3 is 4.74 Å². The molecule has 3 heteroatoms. The molecule has 1 aromatic carbocycles. The van der Waals surface area contributed by atoms with Gasteiger partial charge in [0.25, 0.3) is 0 Å². The second-order valence-corrected chi connectivity index (χ2v) is 4.98. The molecule has 1 aliphatic rings. The maximum Gasteiger partial charge on any atom is 0.169 e. The number of methoxy groups -OCH3 is 1. The van der Waals surface area contributed by atoms with Crippen LogP contribution >= 0.6 is 11.6 Å². The Hall–Kier alpha value is -1.02. The van der Waals surface area contributed by atoms with E-state index in [1.165, 1.54) is 6.42 Å². The number of benzene rings is 1. The number of carbonyl (C=O) groups excluding carboxylic acids is 1. The molecule has 92 valence electrons. The molecule has 2 nitrogen and oxygen atoms in total. The van der Waals surface area contributed by atoms with Crippen LogP contribution in [-0.2, 0) is 0 Å². The smallest absolute Gasteiger partial charge is 0.169 e. The Labute approximate surface area is 107 Å². The van der Waals surface area contributed by atoms with Crippen molar-refractivity contribution in [3.63, 3.8) is 0 Å². The van der Waals surface area contributed by atoms with Crippen molar-refractivity contribution >= 4 is 17.4 Å². The summed E-state index contributed by atoms with van der Waals surface area (Å²) < 4.78 is 5.23. The van der Waals surface area contributed by atoms with Crippen LogP contribution in [0.3, 0.4) is 0 Å². The van der Waals surface area contributed by atoms with Crippen molar-refractivity contribution in [2.45, 2.75) is 32.1 Å². The highest BCUT2D eigenvalue weighted by Gasteiger charge is 2.24. The molecule has 0 amide bonds. The summed E-state index contributed by atoms with van der Waals surface area (Å²) in [7, 11) is 1.58. The Morgan fingerprint density at radius 1 is 1.29 bits per heavy atom. The van der Waals surface area contributed by atoms with Crippen molar-refractivity contribution in [1.82, 2.24) is 0 Å². The van der Waals surface area contributed by atoms with Crippen molar-refractivity contribution in [2.24, 2.45) is 5.92 Å². The van der Waals surface area contributed by atoms with Crippen LogP contribution in [-0.4, -0.2) is 12.9 Å². The summed E-state index contributed by atoms with van der Waals surface area (Å²) >= 11 is 5.95. The van der Waals surface area contributed by atoms with Gasteiger partial charge in [0.15, 0.2) is 5.78 Å². The van der Waals surface area contributed by atoms with Crippen LogP contribution in [0.4, 0.5) is 0 Å². The van der Waals surface area contributed by atoms with Crippen molar-refractivity contribution in [2.75, 3.05) is 7.11 Å². The molecule has 1 aromatic rings. The van der Waals surface area contributed by atoms with Crippen LogP contribution in [0, 0.1) is 5.92 Å². The maximum absolute atomic E-state index is 12.4. The molecule has 0 heterocycles. The summed E-state index contributed by atoms with van der Waals surface area (Å²) in [6.07, 6.45) is 5.54. The van der Waals surface area contributed by atoms with E-state index in [1.807, 2.05) is 0 Å². The lowest BCUT2D eigenvalue weighted by Crippen LogP contribution is -2.18. The summed E-state index contributed by atoms with van der Waals surface area (Å²) in [4.78, 5) is 12.4. The highest BCUT2D eigenvalue weighted by Crippen LogP contribution is 2.31. The highest BCUT2D eigenvalue weighted by atomic mass is 35.5. The third-order valence-corrected chi connectivity index (χ3v) is 3.64. The fourth-order valence-electron chi connectivity index (χ4n) is 2.46. The first-order chi connectivity index (χ1) is 8.22. The zero-order valence-corrected chi connectivity index (χ0v) is 10.8. The lowest BCUT2D eigenvalue weighted by atomic mass is 9.83. The van der Waals surface area contributed by atoms with Crippen LogP contribution in [0.2, 0.25) is 5.02 Å². The van der Waals surface area contributed by atoms with E-state index in [-0.39, 0.29) is 11.7 Å². The van der Waals surface area contributed by atoms with E-state index < -0.39 is 0 Å². The molecule has 0 saturated heterocycles. The third kappa shape index (κ3) is 2.81.